The molecule has 0 spiro atoms. The van der Waals surface area contributed by atoms with Crippen LogP contribution < -0.4 is 0 Å². The number of carbonyl (C=O) groups is 1. The van der Waals surface area contributed by atoms with Crippen molar-refractivity contribution in [2.45, 2.75) is 25.2 Å². The summed E-state index contributed by atoms with van der Waals surface area (Å²) in [5.41, 5.74) is 0.381. The number of halogens is 3. The zero-order valence-electron chi connectivity index (χ0n) is 15.7. The molecule has 0 amide bonds. The number of benzene rings is 1. The van der Waals surface area contributed by atoms with Crippen molar-refractivity contribution in [2.24, 2.45) is 12.5 Å². The maximum Gasteiger partial charge on any atom is 0.183 e. The smallest absolute Gasteiger partial charge is 0.183 e. The van der Waals surface area contributed by atoms with Crippen LogP contribution in [0.1, 0.15) is 28.7 Å². The molecule has 0 unspecified atom stereocenters. The van der Waals surface area contributed by atoms with Crippen molar-refractivity contribution >= 4 is 27.2 Å². The Labute approximate surface area is 167 Å². The fraction of sp³-hybridized carbons (Fsp3) is 0.421. The van der Waals surface area contributed by atoms with Crippen molar-refractivity contribution in [1.82, 2.24) is 4.57 Å². The van der Waals surface area contributed by atoms with E-state index in [4.69, 9.17) is 16.3 Å². The summed E-state index contributed by atoms with van der Waals surface area (Å²) < 4.78 is 59.2. The molecule has 1 aromatic carbocycles. The minimum atomic E-state index is -3.62. The number of sulfone groups is 1. The van der Waals surface area contributed by atoms with Gasteiger partial charge < -0.3 is 9.30 Å². The van der Waals surface area contributed by atoms with Crippen LogP contribution in [0.3, 0.4) is 0 Å². The van der Waals surface area contributed by atoms with E-state index in [0.29, 0.717) is 18.9 Å². The van der Waals surface area contributed by atoms with Crippen LogP contribution in [0.4, 0.5) is 8.78 Å². The average molecular weight is 432 g/mol. The summed E-state index contributed by atoms with van der Waals surface area (Å²) in [7, 11) is -2.03. The summed E-state index contributed by atoms with van der Waals surface area (Å²) in [5, 5.41) is -0.412. The fourth-order valence-electron chi connectivity index (χ4n) is 3.31. The summed E-state index contributed by atoms with van der Waals surface area (Å²) in [6, 6.07) is 3.43. The third-order valence-electron chi connectivity index (χ3n) is 4.96. The Morgan fingerprint density at radius 2 is 1.93 bits per heavy atom. The second-order valence-corrected chi connectivity index (χ2v) is 9.94. The van der Waals surface area contributed by atoms with E-state index in [1.807, 2.05) is 6.92 Å². The van der Waals surface area contributed by atoms with Gasteiger partial charge >= 0.3 is 0 Å². The molecule has 1 fully saturated rings. The quantitative estimate of drug-likeness (QED) is 0.518. The molecule has 3 rings (SSSR count). The van der Waals surface area contributed by atoms with Crippen LogP contribution in [0.5, 0.6) is 0 Å². The third-order valence-corrected chi connectivity index (χ3v) is 7.39. The van der Waals surface area contributed by atoms with E-state index in [0.717, 1.165) is 6.07 Å². The molecule has 1 saturated heterocycles. The lowest BCUT2D eigenvalue weighted by molar-refractivity contribution is -0.0870. The van der Waals surface area contributed by atoms with Crippen LogP contribution >= 0.6 is 11.6 Å². The van der Waals surface area contributed by atoms with E-state index in [1.54, 1.807) is 14.0 Å². The van der Waals surface area contributed by atoms with Gasteiger partial charge in [0.05, 0.1) is 34.6 Å². The molecule has 2 heterocycles. The number of Topliss-reactive ketones (excluding diaryl/α,β-unsaturated/α-hetero) is 1. The van der Waals surface area contributed by atoms with Crippen molar-refractivity contribution in [3.63, 3.8) is 0 Å². The SMILES string of the molecule is Cc1c(S(=O)(=O)CC2(C)COC2)cc(C(=O)Cc2cc(F)c(F)c(Cl)c2)n1C. The molecule has 9 heteroatoms. The zero-order valence-corrected chi connectivity index (χ0v) is 17.3. The van der Waals surface area contributed by atoms with Gasteiger partial charge in [-0.2, -0.15) is 0 Å². The van der Waals surface area contributed by atoms with Crippen LogP contribution in [0.2, 0.25) is 5.02 Å². The Bertz CT molecular complexity index is 1040. The number of aromatic nitrogens is 1. The maximum absolute atomic E-state index is 13.5. The minimum Gasteiger partial charge on any atom is -0.380 e. The second-order valence-electron chi connectivity index (χ2n) is 7.57. The molecule has 152 valence electrons. The molecule has 1 aliphatic heterocycles. The number of nitrogens with zero attached hydrogens (tertiary/aromatic N) is 1. The number of ketones is 1. The number of rotatable bonds is 6. The Morgan fingerprint density at radius 1 is 1.29 bits per heavy atom. The van der Waals surface area contributed by atoms with Crippen molar-refractivity contribution in [1.29, 1.82) is 0 Å². The summed E-state index contributed by atoms with van der Waals surface area (Å²) >= 11 is 5.63. The van der Waals surface area contributed by atoms with E-state index in [1.165, 1.54) is 16.7 Å². The zero-order chi connectivity index (χ0) is 20.9. The third kappa shape index (κ3) is 3.86. The number of hydrogen-bond acceptors (Lipinski definition) is 4. The predicted molar refractivity (Wildman–Crippen MR) is 101 cm³/mol. The van der Waals surface area contributed by atoms with E-state index in [-0.39, 0.29) is 28.3 Å². The lowest BCUT2D eigenvalue weighted by Gasteiger charge is -2.37. The van der Waals surface area contributed by atoms with Crippen LogP contribution in [-0.2, 0) is 28.0 Å². The van der Waals surface area contributed by atoms with Crippen molar-refractivity contribution in [3.8, 4) is 0 Å². The van der Waals surface area contributed by atoms with Gasteiger partial charge in [-0.1, -0.05) is 18.5 Å². The first kappa shape index (κ1) is 21.0. The molecule has 1 aromatic heterocycles. The number of hydrogen-bond donors (Lipinski definition) is 0. The van der Waals surface area contributed by atoms with Gasteiger partial charge in [-0.05, 0) is 30.7 Å². The summed E-state index contributed by atoms with van der Waals surface area (Å²) in [6.45, 7) is 4.21. The van der Waals surface area contributed by atoms with Gasteiger partial charge in [-0.25, -0.2) is 17.2 Å². The van der Waals surface area contributed by atoms with Crippen LogP contribution in [-0.4, -0.2) is 37.7 Å². The average Bonchev–Trinajstić information content (AvgIpc) is 2.87. The molecule has 0 N–H and O–H groups in total. The Kier molecular flexibility index (Phi) is 5.42. The normalized spacial score (nSPS) is 16.1. The van der Waals surface area contributed by atoms with Gasteiger partial charge in [0.15, 0.2) is 27.3 Å². The van der Waals surface area contributed by atoms with E-state index < -0.39 is 37.7 Å². The minimum absolute atomic E-state index is 0.0722. The van der Waals surface area contributed by atoms with Gasteiger partial charge in [0.25, 0.3) is 0 Å². The molecule has 0 radical (unpaired) electrons. The van der Waals surface area contributed by atoms with Crippen molar-refractivity contribution in [3.05, 3.63) is 51.8 Å². The first-order valence-corrected chi connectivity index (χ1v) is 10.6. The maximum atomic E-state index is 13.5. The van der Waals surface area contributed by atoms with Crippen molar-refractivity contribution < 1.29 is 26.7 Å². The van der Waals surface area contributed by atoms with Gasteiger partial charge in [-0.15, -0.1) is 0 Å². The van der Waals surface area contributed by atoms with Gasteiger partial charge in [0.1, 0.15) is 0 Å². The lowest BCUT2D eigenvalue weighted by Crippen LogP contribution is -2.45. The van der Waals surface area contributed by atoms with Crippen LogP contribution in [0.15, 0.2) is 23.1 Å². The second kappa shape index (κ2) is 7.24. The largest absolute Gasteiger partial charge is 0.380 e. The molecular formula is C19H20ClF2NO4S. The molecular weight excluding hydrogens is 412 g/mol. The molecule has 0 saturated carbocycles. The summed E-state index contributed by atoms with van der Waals surface area (Å²) in [4.78, 5) is 12.8. The van der Waals surface area contributed by atoms with Crippen molar-refractivity contribution in [2.75, 3.05) is 19.0 Å². The van der Waals surface area contributed by atoms with Gasteiger partial charge in [0, 0.05) is 24.6 Å². The highest BCUT2D eigenvalue weighted by Crippen LogP contribution is 2.32. The van der Waals surface area contributed by atoms with Crippen LogP contribution in [0.25, 0.3) is 0 Å². The van der Waals surface area contributed by atoms with Gasteiger partial charge in [0.2, 0.25) is 0 Å². The predicted octanol–water partition coefficient (Wildman–Crippen LogP) is 3.50. The lowest BCUT2D eigenvalue weighted by atomic mass is 9.92. The summed E-state index contributed by atoms with van der Waals surface area (Å²) in [6.07, 6.45) is -0.237. The molecule has 0 atom stereocenters. The van der Waals surface area contributed by atoms with E-state index >= 15 is 0 Å². The highest BCUT2D eigenvalue weighted by Gasteiger charge is 2.39. The van der Waals surface area contributed by atoms with E-state index in [9.17, 15) is 22.0 Å². The molecule has 5 nitrogen and oxygen atoms in total. The molecule has 0 bridgehead atoms. The molecule has 0 aliphatic carbocycles. The topological polar surface area (TPSA) is 65.4 Å². The number of carbonyl (C=O) groups excluding carboxylic acids is 1. The fourth-order valence-corrected chi connectivity index (χ4v) is 5.66. The molecule has 1 aliphatic rings. The Balaban J connectivity index is 1.89. The highest BCUT2D eigenvalue weighted by molar-refractivity contribution is 7.91. The molecule has 2 aromatic rings. The highest BCUT2D eigenvalue weighted by atomic mass is 35.5. The first-order chi connectivity index (χ1) is 12.9. The van der Waals surface area contributed by atoms with E-state index in [2.05, 4.69) is 0 Å². The standard InChI is InChI=1S/C19H20ClF2NO4S/c1-11-17(28(25,26)10-19(2)8-27-9-19)7-15(23(11)3)16(24)6-12-4-13(20)18(22)14(21)5-12/h4-5,7H,6,8-10H2,1-3H3. The monoisotopic (exact) mass is 431 g/mol. The van der Waals surface area contributed by atoms with Gasteiger partial charge in [-0.3, -0.25) is 4.79 Å². The van der Waals surface area contributed by atoms with Crippen LogP contribution in [0, 0.1) is 24.0 Å². The Morgan fingerprint density at radius 3 is 2.46 bits per heavy atom. The molecule has 28 heavy (non-hydrogen) atoms. The number of ether oxygens (including phenoxy) is 1. The summed E-state index contributed by atoms with van der Waals surface area (Å²) in [5.74, 6) is -2.81. The Hall–Kier alpha value is -1.77. The first-order valence-electron chi connectivity index (χ1n) is 8.57.